The molecule has 0 saturated heterocycles. The molecule has 1 aliphatic rings. The highest BCUT2D eigenvalue weighted by Crippen LogP contribution is 2.32. The van der Waals surface area contributed by atoms with Gasteiger partial charge in [-0.1, -0.05) is 36.4 Å². The number of fused-ring (bicyclic) bond motifs is 2. The van der Waals surface area contributed by atoms with E-state index in [1.165, 1.54) is 0 Å². The SMILES string of the molecule is CN(C)c1cccc2c(S(=O)(=O)NCC3CCC(CNc4nc(NC(C)(C)C)c5ccccc5n4)CC3)cccc12. The molecule has 1 aliphatic carbocycles. The molecule has 1 aromatic heterocycles. The van der Waals surface area contributed by atoms with Gasteiger partial charge in [0.25, 0.3) is 0 Å². The van der Waals surface area contributed by atoms with E-state index in [9.17, 15) is 8.42 Å². The molecule has 218 valence electrons. The van der Waals surface area contributed by atoms with Crippen LogP contribution in [0, 0.1) is 11.8 Å². The Balaban J connectivity index is 1.17. The van der Waals surface area contributed by atoms with Crippen LogP contribution >= 0.6 is 0 Å². The number of anilines is 3. The zero-order chi connectivity index (χ0) is 29.2. The Morgan fingerprint density at radius 2 is 1.44 bits per heavy atom. The Hall–Kier alpha value is -3.43. The number of sulfonamides is 1. The van der Waals surface area contributed by atoms with Crippen molar-refractivity contribution >= 4 is 49.2 Å². The van der Waals surface area contributed by atoms with Gasteiger partial charge in [-0.25, -0.2) is 18.1 Å². The summed E-state index contributed by atoms with van der Waals surface area (Å²) in [6, 6.07) is 19.4. The first-order valence-corrected chi connectivity index (χ1v) is 16.0. The Bertz CT molecular complexity index is 1620. The van der Waals surface area contributed by atoms with Crippen molar-refractivity contribution in [1.82, 2.24) is 14.7 Å². The van der Waals surface area contributed by atoms with Gasteiger partial charge < -0.3 is 15.5 Å². The van der Waals surface area contributed by atoms with Gasteiger partial charge in [0.05, 0.1) is 10.4 Å². The average molecular weight is 575 g/mol. The third kappa shape index (κ3) is 6.90. The lowest BCUT2D eigenvalue weighted by Gasteiger charge is -2.29. The van der Waals surface area contributed by atoms with E-state index in [-0.39, 0.29) is 5.54 Å². The molecular weight excluding hydrogens is 532 g/mol. The topological polar surface area (TPSA) is 99.3 Å². The van der Waals surface area contributed by atoms with Crippen molar-refractivity contribution in [3.8, 4) is 0 Å². The van der Waals surface area contributed by atoms with Gasteiger partial charge in [-0.15, -0.1) is 0 Å². The van der Waals surface area contributed by atoms with Gasteiger partial charge in [-0.05, 0) is 82.6 Å². The maximum atomic E-state index is 13.3. The Labute approximate surface area is 244 Å². The van der Waals surface area contributed by atoms with E-state index in [0.29, 0.717) is 29.2 Å². The zero-order valence-corrected chi connectivity index (χ0v) is 25.6. The van der Waals surface area contributed by atoms with Crippen molar-refractivity contribution in [3.63, 3.8) is 0 Å². The van der Waals surface area contributed by atoms with Gasteiger partial charge in [-0.3, -0.25) is 0 Å². The molecule has 5 rings (SSSR count). The van der Waals surface area contributed by atoms with E-state index in [1.54, 1.807) is 6.07 Å². The largest absolute Gasteiger partial charge is 0.377 e. The Kier molecular flexibility index (Phi) is 8.38. The van der Waals surface area contributed by atoms with Crippen LogP contribution in [-0.2, 0) is 10.0 Å². The number of hydrogen-bond acceptors (Lipinski definition) is 7. The van der Waals surface area contributed by atoms with Crippen LogP contribution in [0.15, 0.2) is 65.6 Å². The average Bonchev–Trinajstić information content (AvgIpc) is 2.94. The molecule has 3 N–H and O–H groups in total. The lowest BCUT2D eigenvalue weighted by Crippen LogP contribution is -2.32. The van der Waals surface area contributed by atoms with Crippen molar-refractivity contribution < 1.29 is 8.42 Å². The minimum Gasteiger partial charge on any atom is -0.377 e. The fourth-order valence-corrected chi connectivity index (χ4v) is 7.01. The van der Waals surface area contributed by atoms with Gasteiger partial charge in [0.1, 0.15) is 5.82 Å². The molecule has 0 radical (unpaired) electrons. The number of hydrogen-bond donors (Lipinski definition) is 3. The first kappa shape index (κ1) is 29.1. The first-order chi connectivity index (χ1) is 19.5. The molecule has 0 amide bonds. The minimum atomic E-state index is -3.63. The summed E-state index contributed by atoms with van der Waals surface area (Å²) in [7, 11) is 0.310. The van der Waals surface area contributed by atoms with Gasteiger partial charge in [0.15, 0.2) is 0 Å². The van der Waals surface area contributed by atoms with Crippen LogP contribution in [0.3, 0.4) is 0 Å². The van der Waals surface area contributed by atoms with Crippen molar-refractivity contribution in [2.45, 2.75) is 56.9 Å². The van der Waals surface area contributed by atoms with Crippen molar-refractivity contribution in [1.29, 1.82) is 0 Å². The van der Waals surface area contributed by atoms with E-state index in [4.69, 9.17) is 9.97 Å². The highest BCUT2D eigenvalue weighted by atomic mass is 32.2. The van der Waals surface area contributed by atoms with Crippen molar-refractivity contribution in [2.24, 2.45) is 11.8 Å². The Morgan fingerprint density at radius 3 is 2.15 bits per heavy atom. The Morgan fingerprint density at radius 1 is 0.805 bits per heavy atom. The number of rotatable bonds is 9. The van der Waals surface area contributed by atoms with Crippen LogP contribution in [0.25, 0.3) is 21.7 Å². The van der Waals surface area contributed by atoms with Crippen molar-refractivity contribution in [3.05, 3.63) is 60.7 Å². The number of nitrogens with one attached hydrogen (secondary N) is 3. The molecule has 41 heavy (non-hydrogen) atoms. The predicted molar refractivity (Wildman–Crippen MR) is 170 cm³/mol. The van der Waals surface area contributed by atoms with Crippen LogP contribution in [0.2, 0.25) is 0 Å². The molecule has 9 heteroatoms. The zero-order valence-electron chi connectivity index (χ0n) is 24.7. The minimum absolute atomic E-state index is 0.114. The monoisotopic (exact) mass is 574 g/mol. The summed E-state index contributed by atoms with van der Waals surface area (Å²) in [5, 5.41) is 9.69. The van der Waals surface area contributed by atoms with Crippen molar-refractivity contribution in [2.75, 3.05) is 42.7 Å². The van der Waals surface area contributed by atoms with Crippen LogP contribution in [0.4, 0.5) is 17.5 Å². The second-order valence-corrected chi connectivity index (χ2v) is 14.2. The second kappa shape index (κ2) is 11.8. The molecule has 1 saturated carbocycles. The lowest BCUT2D eigenvalue weighted by molar-refractivity contribution is 0.284. The molecule has 4 aromatic rings. The summed E-state index contributed by atoms with van der Waals surface area (Å²) in [5.74, 6) is 2.30. The van der Waals surface area contributed by atoms with Crippen LogP contribution in [0.5, 0.6) is 0 Å². The highest BCUT2D eigenvalue weighted by Gasteiger charge is 2.25. The summed E-state index contributed by atoms with van der Waals surface area (Å²) in [5.41, 5.74) is 1.80. The fraction of sp³-hybridized carbons (Fsp3) is 0.438. The summed E-state index contributed by atoms with van der Waals surface area (Å²) in [6.07, 6.45) is 4.07. The van der Waals surface area contributed by atoms with Crippen LogP contribution in [-0.4, -0.2) is 51.1 Å². The van der Waals surface area contributed by atoms with Gasteiger partial charge in [0, 0.05) is 54.6 Å². The number of nitrogens with zero attached hydrogens (tertiary/aromatic N) is 3. The molecule has 0 bridgehead atoms. The fourth-order valence-electron chi connectivity index (χ4n) is 5.68. The van der Waals surface area contributed by atoms with E-state index in [1.807, 2.05) is 73.6 Å². The number of para-hydroxylation sites is 1. The van der Waals surface area contributed by atoms with E-state index < -0.39 is 10.0 Å². The van der Waals surface area contributed by atoms with Gasteiger partial charge in [0.2, 0.25) is 16.0 Å². The smallest absolute Gasteiger partial charge is 0.241 e. The normalized spacial score (nSPS) is 18.0. The molecular formula is C32H42N6O2S. The first-order valence-electron chi connectivity index (χ1n) is 14.5. The summed E-state index contributed by atoms with van der Waals surface area (Å²) < 4.78 is 29.6. The van der Waals surface area contributed by atoms with Crippen LogP contribution < -0.4 is 20.3 Å². The molecule has 3 aromatic carbocycles. The summed E-state index contributed by atoms with van der Waals surface area (Å²) in [6.45, 7) is 7.63. The number of aromatic nitrogens is 2. The molecule has 0 spiro atoms. The lowest BCUT2D eigenvalue weighted by atomic mass is 9.82. The maximum absolute atomic E-state index is 13.3. The molecule has 1 heterocycles. The van der Waals surface area contributed by atoms with E-state index >= 15 is 0 Å². The third-order valence-electron chi connectivity index (χ3n) is 7.80. The maximum Gasteiger partial charge on any atom is 0.241 e. The highest BCUT2D eigenvalue weighted by molar-refractivity contribution is 7.89. The molecule has 0 atom stereocenters. The van der Waals surface area contributed by atoms with E-state index in [0.717, 1.165) is 65.4 Å². The van der Waals surface area contributed by atoms with Gasteiger partial charge in [-0.2, -0.15) is 4.98 Å². The van der Waals surface area contributed by atoms with E-state index in [2.05, 4.69) is 36.1 Å². The van der Waals surface area contributed by atoms with Crippen LogP contribution in [0.1, 0.15) is 46.5 Å². The standard InChI is InChI=1S/C32H42N6O2S/c1-32(2,3)37-30-26-10-6-7-13-27(26)35-31(36-30)33-20-22-16-18-23(19-17-22)21-34-41(39,40)29-15-9-11-24-25(29)12-8-14-28(24)38(4)5/h6-15,22-23,34H,16-21H2,1-5H3,(H2,33,35,36,37). The third-order valence-corrected chi connectivity index (χ3v) is 9.29. The molecule has 0 aliphatic heterocycles. The molecule has 0 unspecified atom stereocenters. The summed E-state index contributed by atoms with van der Waals surface area (Å²) in [4.78, 5) is 11.9. The summed E-state index contributed by atoms with van der Waals surface area (Å²) >= 11 is 0. The molecule has 8 nitrogen and oxygen atoms in total. The quantitative estimate of drug-likeness (QED) is 0.217. The second-order valence-electron chi connectivity index (χ2n) is 12.4. The number of benzene rings is 3. The molecule has 1 fully saturated rings. The predicted octanol–water partition coefficient (Wildman–Crippen LogP) is 6.26. The van der Waals surface area contributed by atoms with Gasteiger partial charge >= 0.3 is 0 Å².